The Balaban J connectivity index is 2.13. The van der Waals surface area contributed by atoms with Crippen LogP contribution in [0.4, 0.5) is 0 Å². The van der Waals surface area contributed by atoms with Crippen molar-refractivity contribution in [3.8, 4) is 17.6 Å². The quantitative estimate of drug-likeness (QED) is 0.556. The van der Waals surface area contributed by atoms with Crippen LogP contribution in [0, 0.1) is 11.3 Å². The van der Waals surface area contributed by atoms with Crippen molar-refractivity contribution >= 4 is 34.8 Å². The second-order valence-electron chi connectivity index (χ2n) is 7.29. The van der Waals surface area contributed by atoms with Gasteiger partial charge in [0.05, 0.1) is 49.0 Å². The molecule has 0 spiro atoms. The van der Waals surface area contributed by atoms with Crippen LogP contribution in [0.3, 0.4) is 0 Å². The van der Waals surface area contributed by atoms with E-state index in [1.165, 1.54) is 18.8 Å². The molecular weight excluding hydrogens is 454 g/mol. The minimum Gasteiger partial charge on any atom is -0.496 e. The number of nitrogens with two attached hydrogens (primary N) is 1. The number of fused-ring (bicyclic) bond motifs is 1. The number of hydrogen-bond donors (Lipinski definition) is 1. The van der Waals surface area contributed by atoms with Gasteiger partial charge in [0.15, 0.2) is 0 Å². The summed E-state index contributed by atoms with van der Waals surface area (Å²) in [5.41, 5.74) is 7.36. The van der Waals surface area contributed by atoms with Gasteiger partial charge < -0.3 is 19.9 Å². The topological polar surface area (TPSA) is 117 Å². The van der Waals surface area contributed by atoms with Crippen molar-refractivity contribution in [1.82, 2.24) is 4.57 Å². The molecule has 2 N–H and O–H groups in total. The monoisotopic (exact) mass is 475 g/mol. The Hall–Kier alpha value is -4.29. The van der Waals surface area contributed by atoms with Crippen LogP contribution < -0.4 is 30.0 Å². The number of para-hydroxylation sites is 2. The molecule has 1 aliphatic rings. The number of aromatic nitrogens is 1. The molecule has 3 aromatic rings. The van der Waals surface area contributed by atoms with E-state index in [2.05, 4.69) is 6.07 Å². The van der Waals surface area contributed by atoms with E-state index in [0.29, 0.717) is 31.8 Å². The predicted octanol–water partition coefficient (Wildman–Crippen LogP) is 1.53. The molecule has 0 amide bonds. The number of ether oxygens (including phenoxy) is 3. The number of benzene rings is 2. The highest BCUT2D eigenvalue weighted by atomic mass is 32.1. The average molecular weight is 476 g/mol. The molecule has 0 saturated heterocycles. The number of allylic oxidation sites excluding steroid dienone is 1. The van der Waals surface area contributed by atoms with Crippen LogP contribution in [0.25, 0.3) is 17.5 Å². The molecule has 1 atom stereocenters. The maximum atomic E-state index is 13.4. The van der Waals surface area contributed by atoms with Gasteiger partial charge >= 0.3 is 5.97 Å². The Morgan fingerprint density at radius 1 is 1.09 bits per heavy atom. The fourth-order valence-electron chi connectivity index (χ4n) is 4.00. The largest absolute Gasteiger partial charge is 0.496 e. The highest BCUT2D eigenvalue weighted by Crippen LogP contribution is 2.40. The van der Waals surface area contributed by atoms with E-state index in [4.69, 9.17) is 19.9 Å². The number of esters is 1. The number of thiazole rings is 1. The third-order valence-corrected chi connectivity index (χ3v) is 6.66. The Morgan fingerprint density at radius 3 is 2.38 bits per heavy atom. The van der Waals surface area contributed by atoms with Gasteiger partial charge in [-0.15, -0.1) is 11.3 Å². The van der Waals surface area contributed by atoms with E-state index in [9.17, 15) is 14.9 Å². The number of nitrogens with zero attached hydrogens (tertiary/aromatic N) is 2. The zero-order chi connectivity index (χ0) is 24.4. The van der Waals surface area contributed by atoms with Gasteiger partial charge in [-0.2, -0.15) is 5.26 Å². The van der Waals surface area contributed by atoms with Crippen LogP contribution in [-0.2, 0) is 9.53 Å². The molecule has 4 rings (SSSR count). The average Bonchev–Trinajstić information content (AvgIpc) is 3.19. The van der Waals surface area contributed by atoms with Crippen molar-refractivity contribution in [2.24, 2.45) is 5.73 Å². The molecule has 2 heterocycles. The lowest BCUT2D eigenvalue weighted by atomic mass is 9.83. The van der Waals surface area contributed by atoms with Crippen LogP contribution in [0.15, 0.2) is 58.9 Å². The van der Waals surface area contributed by atoms with Crippen molar-refractivity contribution in [2.75, 3.05) is 21.3 Å². The zero-order valence-electron chi connectivity index (χ0n) is 18.7. The van der Waals surface area contributed by atoms with Crippen molar-refractivity contribution < 1.29 is 19.0 Å². The van der Waals surface area contributed by atoms with Gasteiger partial charge in [-0.3, -0.25) is 9.36 Å². The smallest absolute Gasteiger partial charge is 0.337 e. The van der Waals surface area contributed by atoms with Gasteiger partial charge in [-0.25, -0.2) is 4.79 Å². The lowest BCUT2D eigenvalue weighted by molar-refractivity contribution is -0.134. The Labute approximate surface area is 199 Å². The van der Waals surface area contributed by atoms with Crippen molar-refractivity contribution in [3.63, 3.8) is 0 Å². The van der Waals surface area contributed by atoms with Crippen LogP contribution in [0.1, 0.15) is 17.0 Å². The molecule has 0 bridgehead atoms. The summed E-state index contributed by atoms with van der Waals surface area (Å²) >= 11 is 1.09. The molecule has 0 fully saturated rings. The summed E-state index contributed by atoms with van der Waals surface area (Å²) in [5, 5.41) is 10.0. The van der Waals surface area contributed by atoms with Crippen LogP contribution >= 0.6 is 11.3 Å². The van der Waals surface area contributed by atoms with E-state index in [-0.39, 0.29) is 17.0 Å². The molecule has 1 aliphatic heterocycles. The number of rotatable bonds is 5. The van der Waals surface area contributed by atoms with Gasteiger partial charge in [0, 0.05) is 11.1 Å². The summed E-state index contributed by atoms with van der Waals surface area (Å²) < 4.78 is 17.8. The molecule has 172 valence electrons. The fourth-order valence-corrected chi connectivity index (χ4v) is 5.15. The number of carbonyl (C=O) groups excluding carboxylic acids is 1. The summed E-state index contributed by atoms with van der Waals surface area (Å²) in [7, 11) is 4.29. The van der Waals surface area contributed by atoms with Crippen molar-refractivity contribution in [3.05, 3.63) is 84.8 Å². The number of carbonyl (C=O) groups is 1. The molecule has 1 aromatic heterocycles. The van der Waals surface area contributed by atoms with E-state index in [1.807, 2.05) is 18.2 Å². The highest BCUT2D eigenvalue weighted by Gasteiger charge is 2.37. The van der Waals surface area contributed by atoms with Crippen molar-refractivity contribution in [1.29, 1.82) is 5.26 Å². The molecule has 0 saturated carbocycles. The lowest BCUT2D eigenvalue weighted by Gasteiger charge is -2.25. The molecule has 0 radical (unpaired) electrons. The molecular formula is C25H21N3O5S. The number of hydrogen-bond acceptors (Lipinski definition) is 8. The second kappa shape index (κ2) is 9.29. The van der Waals surface area contributed by atoms with Gasteiger partial charge in [0.2, 0.25) is 0 Å². The maximum Gasteiger partial charge on any atom is 0.337 e. The first-order valence-electron chi connectivity index (χ1n) is 10.2. The Morgan fingerprint density at radius 2 is 1.74 bits per heavy atom. The van der Waals surface area contributed by atoms with Crippen LogP contribution in [0.5, 0.6) is 11.5 Å². The molecule has 9 heteroatoms. The minimum atomic E-state index is -0.870. The van der Waals surface area contributed by atoms with E-state index < -0.39 is 17.4 Å². The third-order valence-electron chi connectivity index (χ3n) is 5.55. The summed E-state index contributed by atoms with van der Waals surface area (Å²) in [6.07, 6.45) is 1.67. The van der Waals surface area contributed by atoms with Crippen molar-refractivity contribution in [2.45, 2.75) is 5.92 Å². The molecule has 34 heavy (non-hydrogen) atoms. The van der Waals surface area contributed by atoms with Crippen LogP contribution in [-0.4, -0.2) is 31.9 Å². The standard InChI is InChI=1S/C25H21N3O5S/c1-31-17-10-6-4-8-14(17)12-19-23(29)28-22(27)16(13-26)20(15-9-5-7-11-18(15)32-2)21(24(28)34-19)25(30)33-3/h4-12,20H,27H2,1-3H3/b19-12-. The maximum absolute atomic E-state index is 13.4. The summed E-state index contributed by atoms with van der Waals surface area (Å²) in [4.78, 5) is 26.4. The SMILES string of the molecule is COC(=O)C1=c2s/c(=C\c3ccccc3OC)c(=O)n2C(N)=C(C#N)C1c1ccccc1OC. The summed E-state index contributed by atoms with van der Waals surface area (Å²) in [5.74, 6) is -0.520. The first-order chi connectivity index (χ1) is 16.5. The van der Waals surface area contributed by atoms with Gasteiger partial charge in [0.25, 0.3) is 5.56 Å². The highest BCUT2D eigenvalue weighted by molar-refractivity contribution is 7.07. The first-order valence-corrected chi connectivity index (χ1v) is 11.0. The van der Waals surface area contributed by atoms with E-state index in [1.54, 1.807) is 43.5 Å². The number of methoxy groups -OCH3 is 3. The van der Waals surface area contributed by atoms with Crippen LogP contribution in [0.2, 0.25) is 0 Å². The lowest BCUT2D eigenvalue weighted by Crippen LogP contribution is -2.40. The summed E-state index contributed by atoms with van der Waals surface area (Å²) in [6.45, 7) is 0. The molecule has 1 unspecified atom stereocenters. The first kappa shape index (κ1) is 22.9. The molecule has 0 aliphatic carbocycles. The van der Waals surface area contributed by atoms with E-state index in [0.717, 1.165) is 11.3 Å². The van der Waals surface area contributed by atoms with Gasteiger partial charge in [0.1, 0.15) is 22.0 Å². The molecule has 2 aromatic carbocycles. The number of nitriles is 1. The fraction of sp³-hybridized carbons (Fsp3) is 0.160. The third kappa shape index (κ3) is 3.64. The Kier molecular flexibility index (Phi) is 6.25. The van der Waals surface area contributed by atoms with Gasteiger partial charge in [-0.05, 0) is 18.2 Å². The van der Waals surface area contributed by atoms with Gasteiger partial charge in [-0.1, -0.05) is 36.4 Å². The normalized spacial score (nSPS) is 15.5. The second-order valence-corrected chi connectivity index (χ2v) is 8.32. The van der Waals surface area contributed by atoms with E-state index >= 15 is 0 Å². The Bertz CT molecular complexity index is 1540. The predicted molar refractivity (Wildman–Crippen MR) is 129 cm³/mol. The summed E-state index contributed by atoms with van der Waals surface area (Å²) in [6, 6.07) is 16.4. The molecule has 8 nitrogen and oxygen atoms in total. The minimum absolute atomic E-state index is 0.0398. The zero-order valence-corrected chi connectivity index (χ0v) is 19.5.